The zero-order chi connectivity index (χ0) is 19.2. The summed E-state index contributed by atoms with van der Waals surface area (Å²) in [6, 6.07) is 12.5. The SMILES string of the molecule is Cc1ccc(C2CN(S(=O)(=O)c3ccc4c(c3)CC(=O)N4)C(C)CO2)cc1. The quantitative estimate of drug-likeness (QED) is 0.880. The number of carbonyl (C=O) groups is 1. The molecular weight excluding hydrogens is 364 g/mol. The molecule has 2 aliphatic rings. The van der Waals surface area contributed by atoms with Gasteiger partial charge in [0.05, 0.1) is 24.0 Å². The maximum absolute atomic E-state index is 13.3. The van der Waals surface area contributed by atoms with Gasteiger partial charge in [-0.25, -0.2) is 8.42 Å². The molecule has 2 aromatic carbocycles. The molecule has 0 bridgehead atoms. The van der Waals surface area contributed by atoms with Crippen LogP contribution in [-0.4, -0.2) is 37.8 Å². The minimum absolute atomic E-state index is 0.112. The Hall–Kier alpha value is -2.22. The van der Waals surface area contributed by atoms with Crippen molar-refractivity contribution in [3.05, 3.63) is 59.2 Å². The summed E-state index contributed by atoms with van der Waals surface area (Å²) < 4.78 is 34.0. The highest BCUT2D eigenvalue weighted by molar-refractivity contribution is 7.89. The molecular formula is C20H22N2O4S. The molecule has 27 heavy (non-hydrogen) atoms. The third-order valence-corrected chi connectivity index (χ3v) is 7.11. The van der Waals surface area contributed by atoms with Crippen molar-refractivity contribution in [2.75, 3.05) is 18.5 Å². The summed E-state index contributed by atoms with van der Waals surface area (Å²) in [7, 11) is -3.69. The Morgan fingerprint density at radius 3 is 2.63 bits per heavy atom. The second kappa shape index (κ2) is 6.74. The summed E-state index contributed by atoms with van der Waals surface area (Å²) in [5.74, 6) is -0.112. The van der Waals surface area contributed by atoms with Gasteiger partial charge in [0.25, 0.3) is 0 Å². The van der Waals surface area contributed by atoms with Gasteiger partial charge in [-0.2, -0.15) is 4.31 Å². The normalized spacial score (nSPS) is 23.1. The average molecular weight is 386 g/mol. The van der Waals surface area contributed by atoms with Gasteiger partial charge >= 0.3 is 0 Å². The number of anilines is 1. The largest absolute Gasteiger partial charge is 0.370 e. The predicted molar refractivity (Wildman–Crippen MR) is 102 cm³/mol. The number of hydrogen-bond acceptors (Lipinski definition) is 4. The van der Waals surface area contributed by atoms with Gasteiger partial charge in [-0.15, -0.1) is 0 Å². The van der Waals surface area contributed by atoms with E-state index in [-0.39, 0.29) is 35.9 Å². The molecule has 0 aromatic heterocycles. The Morgan fingerprint density at radius 1 is 1.15 bits per heavy atom. The van der Waals surface area contributed by atoms with E-state index in [1.807, 2.05) is 38.1 Å². The number of nitrogens with zero attached hydrogens (tertiary/aromatic N) is 1. The number of carbonyl (C=O) groups excluding carboxylic acids is 1. The number of ether oxygens (including phenoxy) is 1. The average Bonchev–Trinajstić information content (AvgIpc) is 3.02. The van der Waals surface area contributed by atoms with Crippen LogP contribution in [0.3, 0.4) is 0 Å². The first kappa shape index (κ1) is 18.2. The molecule has 1 amide bonds. The van der Waals surface area contributed by atoms with Crippen LogP contribution in [0.15, 0.2) is 47.4 Å². The first-order valence-electron chi connectivity index (χ1n) is 8.97. The van der Waals surface area contributed by atoms with Crippen molar-refractivity contribution in [1.29, 1.82) is 0 Å². The molecule has 7 heteroatoms. The van der Waals surface area contributed by atoms with E-state index in [4.69, 9.17) is 4.74 Å². The van der Waals surface area contributed by atoms with Crippen LogP contribution in [0.25, 0.3) is 0 Å². The lowest BCUT2D eigenvalue weighted by molar-refractivity contribution is -0.115. The summed E-state index contributed by atoms with van der Waals surface area (Å²) in [6.07, 6.45) is -0.0853. The molecule has 2 aliphatic heterocycles. The van der Waals surface area contributed by atoms with Gasteiger partial charge in [0.2, 0.25) is 15.9 Å². The maximum Gasteiger partial charge on any atom is 0.243 e. The molecule has 1 N–H and O–H groups in total. The van der Waals surface area contributed by atoms with Crippen LogP contribution in [-0.2, 0) is 26.0 Å². The van der Waals surface area contributed by atoms with Crippen molar-refractivity contribution < 1.29 is 17.9 Å². The Kier molecular flexibility index (Phi) is 4.53. The fourth-order valence-corrected chi connectivity index (χ4v) is 5.22. The number of rotatable bonds is 3. The molecule has 0 aliphatic carbocycles. The molecule has 0 radical (unpaired) electrons. The van der Waals surface area contributed by atoms with Crippen molar-refractivity contribution in [3.63, 3.8) is 0 Å². The minimum Gasteiger partial charge on any atom is -0.370 e. The molecule has 0 spiro atoms. The molecule has 2 aromatic rings. The molecule has 4 rings (SSSR count). The van der Waals surface area contributed by atoms with Gasteiger partial charge in [-0.1, -0.05) is 29.8 Å². The van der Waals surface area contributed by atoms with Crippen molar-refractivity contribution in [2.45, 2.75) is 37.3 Å². The molecule has 2 atom stereocenters. The van der Waals surface area contributed by atoms with Gasteiger partial charge in [0.15, 0.2) is 0 Å². The van der Waals surface area contributed by atoms with E-state index in [9.17, 15) is 13.2 Å². The van der Waals surface area contributed by atoms with Crippen LogP contribution in [0.4, 0.5) is 5.69 Å². The standard InChI is InChI=1S/C20H22N2O4S/c1-13-3-5-15(6-4-13)19-11-22(14(2)12-26-19)27(24,25)17-7-8-18-16(9-17)10-20(23)21-18/h3-9,14,19H,10-12H2,1-2H3,(H,21,23). The second-order valence-electron chi connectivity index (χ2n) is 7.20. The molecule has 1 saturated heterocycles. The van der Waals surface area contributed by atoms with E-state index in [0.717, 1.165) is 16.7 Å². The lowest BCUT2D eigenvalue weighted by atomic mass is 10.1. The molecule has 6 nitrogen and oxygen atoms in total. The van der Waals surface area contributed by atoms with E-state index in [1.165, 1.54) is 4.31 Å². The summed E-state index contributed by atoms with van der Waals surface area (Å²) in [5.41, 5.74) is 3.52. The molecule has 2 heterocycles. The Labute approximate surface area is 159 Å². The van der Waals surface area contributed by atoms with Crippen molar-refractivity contribution in [3.8, 4) is 0 Å². The number of nitrogens with one attached hydrogen (secondary N) is 1. The Bertz CT molecular complexity index is 986. The number of benzene rings is 2. The van der Waals surface area contributed by atoms with E-state index in [0.29, 0.717) is 12.3 Å². The number of morpholine rings is 1. The van der Waals surface area contributed by atoms with Gasteiger partial charge in [0.1, 0.15) is 0 Å². The zero-order valence-electron chi connectivity index (χ0n) is 15.3. The van der Waals surface area contributed by atoms with Gasteiger partial charge in [-0.3, -0.25) is 4.79 Å². The third kappa shape index (κ3) is 3.38. The van der Waals surface area contributed by atoms with Crippen LogP contribution >= 0.6 is 0 Å². The van der Waals surface area contributed by atoms with Crippen LogP contribution in [0.5, 0.6) is 0 Å². The Morgan fingerprint density at radius 2 is 1.89 bits per heavy atom. The monoisotopic (exact) mass is 386 g/mol. The summed E-state index contributed by atoms with van der Waals surface area (Å²) in [4.78, 5) is 11.8. The predicted octanol–water partition coefficient (Wildman–Crippen LogP) is 2.64. The molecule has 142 valence electrons. The summed E-state index contributed by atoms with van der Waals surface area (Å²) in [5, 5.41) is 2.73. The lowest BCUT2D eigenvalue weighted by Gasteiger charge is -2.37. The van der Waals surface area contributed by atoms with Gasteiger partial charge < -0.3 is 10.1 Å². The highest BCUT2D eigenvalue weighted by atomic mass is 32.2. The molecule has 2 unspecified atom stereocenters. The third-order valence-electron chi connectivity index (χ3n) is 5.13. The fourth-order valence-electron chi connectivity index (χ4n) is 3.55. The first-order chi connectivity index (χ1) is 12.8. The van der Waals surface area contributed by atoms with Gasteiger partial charge in [0, 0.05) is 18.3 Å². The lowest BCUT2D eigenvalue weighted by Crippen LogP contribution is -2.48. The van der Waals surface area contributed by atoms with Crippen LogP contribution in [0, 0.1) is 6.92 Å². The van der Waals surface area contributed by atoms with Crippen LogP contribution in [0.1, 0.15) is 29.7 Å². The topological polar surface area (TPSA) is 75.7 Å². The first-order valence-corrected chi connectivity index (χ1v) is 10.4. The minimum atomic E-state index is -3.69. The summed E-state index contributed by atoms with van der Waals surface area (Å²) >= 11 is 0. The van der Waals surface area contributed by atoms with E-state index in [1.54, 1.807) is 18.2 Å². The van der Waals surface area contributed by atoms with Crippen molar-refractivity contribution >= 4 is 21.6 Å². The van der Waals surface area contributed by atoms with E-state index in [2.05, 4.69) is 5.32 Å². The van der Waals surface area contributed by atoms with Gasteiger partial charge in [-0.05, 0) is 43.2 Å². The summed E-state index contributed by atoms with van der Waals surface area (Å²) in [6.45, 7) is 4.46. The number of hydrogen-bond donors (Lipinski definition) is 1. The number of aryl methyl sites for hydroxylation is 1. The zero-order valence-corrected chi connectivity index (χ0v) is 16.1. The number of sulfonamides is 1. The second-order valence-corrected chi connectivity index (χ2v) is 9.09. The molecule has 1 fully saturated rings. The van der Waals surface area contributed by atoms with Crippen molar-refractivity contribution in [2.24, 2.45) is 0 Å². The van der Waals surface area contributed by atoms with Crippen LogP contribution in [0.2, 0.25) is 0 Å². The van der Waals surface area contributed by atoms with Crippen molar-refractivity contribution in [1.82, 2.24) is 4.31 Å². The number of fused-ring (bicyclic) bond motifs is 1. The smallest absolute Gasteiger partial charge is 0.243 e. The Balaban J connectivity index is 1.63. The molecule has 0 saturated carbocycles. The van der Waals surface area contributed by atoms with Crippen LogP contribution < -0.4 is 5.32 Å². The maximum atomic E-state index is 13.3. The van der Waals surface area contributed by atoms with E-state index < -0.39 is 10.0 Å². The van der Waals surface area contributed by atoms with E-state index >= 15 is 0 Å². The highest BCUT2D eigenvalue weighted by Crippen LogP contribution is 2.32. The number of amides is 1. The highest BCUT2D eigenvalue weighted by Gasteiger charge is 2.36. The fraction of sp³-hybridized carbons (Fsp3) is 0.350.